The topological polar surface area (TPSA) is 68.7 Å². The third-order valence-electron chi connectivity index (χ3n) is 2.60. The molecule has 0 atom stereocenters. The summed E-state index contributed by atoms with van der Waals surface area (Å²) in [5.41, 5.74) is 0.840. The Hall–Kier alpha value is -2.56. The lowest BCUT2D eigenvalue weighted by atomic mass is 10.2. The Labute approximate surface area is 116 Å². The summed E-state index contributed by atoms with van der Waals surface area (Å²) < 4.78 is 10.8. The summed E-state index contributed by atoms with van der Waals surface area (Å²) in [5, 5.41) is 9.00. The monoisotopic (exact) mass is 273 g/mol. The number of aromatic carboxylic acids is 1. The second-order valence-corrected chi connectivity index (χ2v) is 4.02. The Morgan fingerprint density at radius 1 is 1.20 bits per heavy atom. The zero-order chi connectivity index (χ0) is 14.4. The van der Waals surface area contributed by atoms with Crippen LogP contribution in [0.2, 0.25) is 0 Å². The number of hydrogen-bond acceptors (Lipinski definition) is 4. The molecule has 0 unspecified atom stereocenters. The number of carbonyl (C=O) groups is 1. The molecule has 0 aliphatic heterocycles. The van der Waals surface area contributed by atoms with E-state index in [2.05, 4.69) is 4.98 Å². The first-order valence-electron chi connectivity index (χ1n) is 6.23. The molecule has 0 amide bonds. The first kappa shape index (κ1) is 13.9. The molecule has 2 aromatic rings. The van der Waals surface area contributed by atoms with Gasteiger partial charge >= 0.3 is 5.97 Å². The number of carboxylic acids is 1. The lowest BCUT2D eigenvalue weighted by molar-refractivity contribution is 0.0685. The zero-order valence-corrected chi connectivity index (χ0v) is 11.1. The van der Waals surface area contributed by atoms with Crippen molar-refractivity contribution >= 4 is 5.97 Å². The molecular formula is C15H15NO4. The van der Waals surface area contributed by atoms with Crippen LogP contribution in [0.25, 0.3) is 0 Å². The van der Waals surface area contributed by atoms with Crippen LogP contribution in [0, 0.1) is 0 Å². The highest BCUT2D eigenvalue weighted by molar-refractivity contribution is 5.88. The molecule has 0 aliphatic rings. The van der Waals surface area contributed by atoms with Crippen molar-refractivity contribution in [3.05, 3.63) is 53.9 Å². The van der Waals surface area contributed by atoms with E-state index in [1.54, 1.807) is 12.1 Å². The number of ether oxygens (including phenoxy) is 2. The highest BCUT2D eigenvalue weighted by atomic mass is 16.5. The predicted octanol–water partition coefficient (Wildman–Crippen LogP) is 2.76. The van der Waals surface area contributed by atoms with Gasteiger partial charge in [-0.25, -0.2) is 9.78 Å². The fraction of sp³-hybridized carbons (Fsp3) is 0.200. The van der Waals surface area contributed by atoms with Crippen molar-refractivity contribution in [3.63, 3.8) is 0 Å². The van der Waals surface area contributed by atoms with Crippen molar-refractivity contribution in [1.82, 2.24) is 4.98 Å². The van der Waals surface area contributed by atoms with Gasteiger partial charge in [-0.2, -0.15) is 0 Å². The maximum absolute atomic E-state index is 11.0. The molecule has 5 nitrogen and oxygen atoms in total. The lowest BCUT2D eigenvalue weighted by Gasteiger charge is -2.09. The molecule has 20 heavy (non-hydrogen) atoms. The highest BCUT2D eigenvalue weighted by Gasteiger charge is 2.12. The van der Waals surface area contributed by atoms with Gasteiger partial charge < -0.3 is 14.6 Å². The molecule has 0 saturated heterocycles. The Morgan fingerprint density at radius 3 is 2.60 bits per heavy atom. The van der Waals surface area contributed by atoms with Crippen LogP contribution in [0.3, 0.4) is 0 Å². The molecule has 0 bridgehead atoms. The third-order valence-corrected chi connectivity index (χ3v) is 2.60. The van der Waals surface area contributed by atoms with Gasteiger partial charge in [-0.05, 0) is 36.8 Å². The van der Waals surface area contributed by atoms with Gasteiger partial charge in [0.05, 0.1) is 6.61 Å². The molecule has 104 valence electrons. The van der Waals surface area contributed by atoms with Gasteiger partial charge in [0, 0.05) is 6.20 Å². The molecule has 5 heteroatoms. The Morgan fingerprint density at radius 2 is 1.95 bits per heavy atom. The minimum Gasteiger partial charge on any atom is -0.494 e. The van der Waals surface area contributed by atoms with E-state index in [4.69, 9.17) is 14.6 Å². The van der Waals surface area contributed by atoms with E-state index < -0.39 is 5.97 Å². The number of carboxylic acid groups (broad SMARTS) is 1. The fourth-order valence-electron chi connectivity index (χ4n) is 1.68. The summed E-state index contributed by atoms with van der Waals surface area (Å²) in [6.07, 6.45) is 1.42. The van der Waals surface area contributed by atoms with E-state index in [9.17, 15) is 4.79 Å². The molecule has 1 aromatic carbocycles. The van der Waals surface area contributed by atoms with Gasteiger partial charge in [0.15, 0.2) is 11.4 Å². The Bertz CT molecular complexity index is 581. The minimum atomic E-state index is -1.10. The van der Waals surface area contributed by atoms with Crippen LogP contribution in [0.15, 0.2) is 42.6 Å². The molecule has 0 fully saturated rings. The quantitative estimate of drug-likeness (QED) is 0.876. The Balaban J connectivity index is 2.03. The second kappa shape index (κ2) is 6.56. The van der Waals surface area contributed by atoms with Gasteiger partial charge in [-0.3, -0.25) is 0 Å². The van der Waals surface area contributed by atoms with Crippen LogP contribution >= 0.6 is 0 Å². The van der Waals surface area contributed by atoms with Crippen molar-refractivity contribution in [3.8, 4) is 11.5 Å². The maximum Gasteiger partial charge on any atom is 0.358 e. The first-order valence-corrected chi connectivity index (χ1v) is 6.23. The number of pyridine rings is 1. The molecular weight excluding hydrogens is 258 g/mol. The molecule has 2 rings (SSSR count). The molecule has 0 aliphatic carbocycles. The molecule has 0 radical (unpaired) electrons. The minimum absolute atomic E-state index is 0.0848. The van der Waals surface area contributed by atoms with Gasteiger partial charge in [0.2, 0.25) is 0 Å². The molecule has 1 aromatic heterocycles. The lowest BCUT2D eigenvalue weighted by Crippen LogP contribution is -2.05. The highest BCUT2D eigenvalue weighted by Crippen LogP contribution is 2.18. The van der Waals surface area contributed by atoms with Gasteiger partial charge in [-0.15, -0.1) is 0 Å². The maximum atomic E-state index is 11.0. The van der Waals surface area contributed by atoms with Crippen molar-refractivity contribution in [2.75, 3.05) is 6.61 Å². The summed E-state index contributed by atoms with van der Waals surface area (Å²) in [6.45, 7) is 2.82. The number of benzene rings is 1. The van der Waals surface area contributed by atoms with E-state index in [1.807, 2.05) is 31.2 Å². The third kappa shape index (κ3) is 3.47. The van der Waals surface area contributed by atoms with Crippen LogP contribution in [0.5, 0.6) is 11.5 Å². The first-order chi connectivity index (χ1) is 9.70. The average molecular weight is 273 g/mol. The molecule has 1 N–H and O–H groups in total. The van der Waals surface area contributed by atoms with Gasteiger partial charge in [0.25, 0.3) is 0 Å². The van der Waals surface area contributed by atoms with E-state index in [0.717, 1.165) is 11.3 Å². The largest absolute Gasteiger partial charge is 0.494 e. The van der Waals surface area contributed by atoms with E-state index in [1.165, 1.54) is 6.20 Å². The van der Waals surface area contributed by atoms with Crippen molar-refractivity contribution in [2.45, 2.75) is 13.5 Å². The van der Waals surface area contributed by atoms with Crippen LogP contribution in [0.4, 0.5) is 0 Å². The predicted molar refractivity (Wildman–Crippen MR) is 73.1 cm³/mol. The summed E-state index contributed by atoms with van der Waals surface area (Å²) in [5.74, 6) is -0.0509. The van der Waals surface area contributed by atoms with Crippen molar-refractivity contribution < 1.29 is 19.4 Å². The zero-order valence-electron chi connectivity index (χ0n) is 11.1. The normalized spacial score (nSPS) is 10.1. The van der Waals surface area contributed by atoms with Gasteiger partial charge in [0.1, 0.15) is 12.4 Å². The molecule has 0 saturated carbocycles. The number of nitrogens with zero attached hydrogens (tertiary/aromatic N) is 1. The second-order valence-electron chi connectivity index (χ2n) is 4.02. The summed E-state index contributed by atoms with van der Waals surface area (Å²) >= 11 is 0. The molecule has 1 heterocycles. The standard InChI is InChI=1S/C15H15NO4/c1-2-19-12-7-5-11(6-8-12)10-20-13-4-3-9-16-14(13)15(17)18/h3-9H,2,10H2,1H3,(H,17,18). The summed E-state index contributed by atoms with van der Waals surface area (Å²) in [7, 11) is 0. The number of hydrogen-bond donors (Lipinski definition) is 1. The Kier molecular flexibility index (Phi) is 4.55. The van der Waals surface area contributed by atoms with E-state index in [0.29, 0.717) is 6.61 Å². The number of rotatable bonds is 6. The van der Waals surface area contributed by atoms with Crippen molar-refractivity contribution in [2.24, 2.45) is 0 Å². The smallest absolute Gasteiger partial charge is 0.358 e. The van der Waals surface area contributed by atoms with Crippen LogP contribution in [0.1, 0.15) is 23.0 Å². The fourth-order valence-corrected chi connectivity index (χ4v) is 1.68. The van der Waals surface area contributed by atoms with Crippen LogP contribution in [-0.4, -0.2) is 22.7 Å². The van der Waals surface area contributed by atoms with Crippen LogP contribution < -0.4 is 9.47 Å². The SMILES string of the molecule is CCOc1ccc(COc2cccnc2C(=O)O)cc1. The van der Waals surface area contributed by atoms with E-state index in [-0.39, 0.29) is 18.1 Å². The summed E-state index contributed by atoms with van der Waals surface area (Å²) in [4.78, 5) is 14.8. The summed E-state index contributed by atoms with van der Waals surface area (Å²) in [6, 6.07) is 10.7. The van der Waals surface area contributed by atoms with Crippen LogP contribution in [-0.2, 0) is 6.61 Å². The average Bonchev–Trinajstić information content (AvgIpc) is 2.47. The molecule has 0 spiro atoms. The van der Waals surface area contributed by atoms with Gasteiger partial charge in [-0.1, -0.05) is 12.1 Å². The number of aromatic nitrogens is 1. The van der Waals surface area contributed by atoms with E-state index >= 15 is 0 Å². The van der Waals surface area contributed by atoms with Crippen molar-refractivity contribution in [1.29, 1.82) is 0 Å².